The third-order valence-corrected chi connectivity index (χ3v) is 6.60. The Bertz CT molecular complexity index is 1120. The number of ether oxygens (including phenoxy) is 3. The average molecular weight is 439 g/mol. The zero-order chi connectivity index (χ0) is 21.2. The second kappa shape index (κ2) is 6.73. The standard InChI is InChI=1S/C23H19ClN2O5/c24-13-1-4-15(5-2-13)26-12-23-8-7-17(31-23)19(20(23)22(26)28)21(27)25-14-3-6-16-18(11-14)30-10-9-29-16/h1-8,11,17,19-20H,9-10,12H2,(H,25,27)/t17-,19-,20+,23-/m1/s1. The number of fused-ring (bicyclic) bond motifs is 2. The molecule has 0 aromatic heterocycles. The monoisotopic (exact) mass is 438 g/mol. The van der Waals surface area contributed by atoms with Gasteiger partial charge in [0.25, 0.3) is 0 Å². The number of halogens is 1. The predicted molar refractivity (Wildman–Crippen MR) is 114 cm³/mol. The van der Waals surface area contributed by atoms with Crippen molar-refractivity contribution in [1.82, 2.24) is 0 Å². The van der Waals surface area contributed by atoms with Crippen molar-refractivity contribution in [2.45, 2.75) is 11.7 Å². The summed E-state index contributed by atoms with van der Waals surface area (Å²) in [5.74, 6) is -0.298. The van der Waals surface area contributed by atoms with Crippen LogP contribution in [-0.2, 0) is 14.3 Å². The van der Waals surface area contributed by atoms with Gasteiger partial charge in [-0.15, -0.1) is 0 Å². The predicted octanol–water partition coefficient (Wildman–Crippen LogP) is 3.04. The van der Waals surface area contributed by atoms with Crippen LogP contribution in [0.4, 0.5) is 11.4 Å². The average Bonchev–Trinajstić information content (AvgIpc) is 3.42. The molecule has 4 aliphatic rings. The van der Waals surface area contributed by atoms with E-state index in [9.17, 15) is 9.59 Å². The molecule has 4 aliphatic heterocycles. The van der Waals surface area contributed by atoms with E-state index in [0.717, 1.165) is 5.69 Å². The van der Waals surface area contributed by atoms with E-state index in [4.69, 9.17) is 25.8 Å². The van der Waals surface area contributed by atoms with Gasteiger partial charge in [0, 0.05) is 22.5 Å². The highest BCUT2D eigenvalue weighted by atomic mass is 35.5. The maximum Gasteiger partial charge on any atom is 0.234 e. The first-order valence-electron chi connectivity index (χ1n) is 10.2. The van der Waals surface area contributed by atoms with Gasteiger partial charge in [-0.05, 0) is 36.4 Å². The topological polar surface area (TPSA) is 77.1 Å². The van der Waals surface area contributed by atoms with E-state index in [1.54, 1.807) is 47.4 Å². The Morgan fingerprint density at radius 2 is 1.87 bits per heavy atom. The first-order chi connectivity index (χ1) is 15.0. The molecule has 158 valence electrons. The van der Waals surface area contributed by atoms with Gasteiger partial charge in [0.2, 0.25) is 11.8 Å². The van der Waals surface area contributed by atoms with Gasteiger partial charge in [-0.3, -0.25) is 9.59 Å². The lowest BCUT2D eigenvalue weighted by molar-refractivity contribution is -0.128. The highest BCUT2D eigenvalue weighted by Crippen LogP contribution is 2.53. The lowest BCUT2D eigenvalue weighted by Gasteiger charge is -2.24. The number of nitrogens with zero attached hydrogens (tertiary/aromatic N) is 1. The second-order valence-corrected chi connectivity index (χ2v) is 8.58. The summed E-state index contributed by atoms with van der Waals surface area (Å²) in [4.78, 5) is 28.3. The quantitative estimate of drug-likeness (QED) is 0.745. The summed E-state index contributed by atoms with van der Waals surface area (Å²) in [5.41, 5.74) is 0.551. The normalized spacial score (nSPS) is 29.9. The SMILES string of the molecule is O=C(Nc1ccc2c(c1)OCCO2)[C@H]1[C@H]2C(=O)N(c3ccc(Cl)cc3)C[C@]23C=C[C@H]1O3. The summed E-state index contributed by atoms with van der Waals surface area (Å²) in [6.45, 7) is 1.34. The Kier molecular flexibility index (Phi) is 4.07. The van der Waals surface area contributed by atoms with Gasteiger partial charge in [-0.2, -0.15) is 0 Å². The first-order valence-corrected chi connectivity index (χ1v) is 10.6. The summed E-state index contributed by atoms with van der Waals surface area (Å²) in [7, 11) is 0. The number of anilines is 2. The van der Waals surface area contributed by atoms with Crippen molar-refractivity contribution in [3.63, 3.8) is 0 Å². The van der Waals surface area contributed by atoms with Crippen molar-refractivity contribution in [2.24, 2.45) is 11.8 Å². The van der Waals surface area contributed by atoms with E-state index >= 15 is 0 Å². The van der Waals surface area contributed by atoms with Crippen LogP contribution in [0.25, 0.3) is 0 Å². The molecule has 7 nitrogen and oxygen atoms in total. The van der Waals surface area contributed by atoms with Crippen molar-refractivity contribution < 1.29 is 23.8 Å². The van der Waals surface area contributed by atoms with Crippen LogP contribution in [0.2, 0.25) is 5.02 Å². The molecule has 0 saturated carbocycles. The maximum absolute atomic E-state index is 13.4. The minimum absolute atomic E-state index is 0.114. The lowest BCUT2D eigenvalue weighted by Crippen LogP contribution is -2.41. The largest absolute Gasteiger partial charge is 0.486 e. The van der Waals surface area contributed by atoms with Gasteiger partial charge in [-0.1, -0.05) is 23.8 Å². The number of hydrogen-bond acceptors (Lipinski definition) is 5. The Balaban J connectivity index is 1.27. The smallest absolute Gasteiger partial charge is 0.234 e. The van der Waals surface area contributed by atoms with E-state index in [-0.39, 0.29) is 11.8 Å². The molecule has 2 bridgehead atoms. The van der Waals surface area contributed by atoms with Gasteiger partial charge in [0.15, 0.2) is 11.5 Å². The molecule has 2 amide bonds. The molecule has 8 heteroatoms. The number of benzene rings is 2. The van der Waals surface area contributed by atoms with Gasteiger partial charge < -0.3 is 24.4 Å². The number of nitrogens with one attached hydrogen (secondary N) is 1. The summed E-state index contributed by atoms with van der Waals surface area (Å²) in [6.07, 6.45) is 3.41. The fourth-order valence-corrected chi connectivity index (χ4v) is 5.11. The summed E-state index contributed by atoms with van der Waals surface area (Å²) < 4.78 is 17.3. The number of hydrogen-bond donors (Lipinski definition) is 1. The van der Waals surface area contributed by atoms with E-state index in [1.165, 1.54) is 0 Å². The van der Waals surface area contributed by atoms with E-state index in [0.29, 0.717) is 42.0 Å². The fraction of sp³-hybridized carbons (Fsp3) is 0.304. The molecule has 31 heavy (non-hydrogen) atoms. The Hall–Kier alpha value is -3.03. The first kappa shape index (κ1) is 18.7. The Morgan fingerprint density at radius 1 is 1.10 bits per heavy atom. The second-order valence-electron chi connectivity index (χ2n) is 8.15. The van der Waals surface area contributed by atoms with E-state index in [2.05, 4.69) is 5.32 Å². The van der Waals surface area contributed by atoms with Crippen LogP contribution < -0.4 is 19.7 Å². The number of carbonyl (C=O) groups is 2. The Labute approximate surface area is 183 Å². The van der Waals surface area contributed by atoms with E-state index in [1.807, 2.05) is 12.2 Å². The molecule has 2 saturated heterocycles. The zero-order valence-corrected chi connectivity index (χ0v) is 17.2. The summed E-state index contributed by atoms with van der Waals surface area (Å²) >= 11 is 5.99. The number of carbonyl (C=O) groups excluding carboxylic acids is 2. The molecular formula is C23H19ClN2O5. The van der Waals surface area contributed by atoms with Crippen molar-refractivity contribution in [3.05, 3.63) is 59.6 Å². The van der Waals surface area contributed by atoms with Crippen molar-refractivity contribution in [1.29, 1.82) is 0 Å². The van der Waals surface area contributed by atoms with Gasteiger partial charge in [-0.25, -0.2) is 0 Å². The zero-order valence-electron chi connectivity index (χ0n) is 16.4. The van der Waals surface area contributed by atoms with Crippen LogP contribution >= 0.6 is 11.6 Å². The molecule has 1 spiro atoms. The molecule has 4 atom stereocenters. The lowest BCUT2D eigenvalue weighted by atomic mass is 9.77. The molecular weight excluding hydrogens is 420 g/mol. The van der Waals surface area contributed by atoms with Crippen molar-refractivity contribution in [2.75, 3.05) is 30.0 Å². The van der Waals surface area contributed by atoms with Crippen LogP contribution in [0.5, 0.6) is 11.5 Å². The van der Waals surface area contributed by atoms with Crippen LogP contribution in [0.15, 0.2) is 54.6 Å². The Morgan fingerprint density at radius 3 is 2.68 bits per heavy atom. The molecule has 2 fully saturated rings. The van der Waals surface area contributed by atoms with Gasteiger partial charge >= 0.3 is 0 Å². The molecule has 2 aromatic rings. The number of rotatable bonds is 3. The van der Waals surface area contributed by atoms with Crippen LogP contribution in [0.3, 0.4) is 0 Å². The van der Waals surface area contributed by atoms with Crippen LogP contribution in [0, 0.1) is 11.8 Å². The molecule has 0 aliphatic carbocycles. The molecule has 2 aromatic carbocycles. The highest BCUT2D eigenvalue weighted by molar-refractivity contribution is 6.30. The minimum atomic E-state index is -0.782. The molecule has 1 N–H and O–H groups in total. The third kappa shape index (κ3) is 2.84. The van der Waals surface area contributed by atoms with Crippen LogP contribution in [-0.4, -0.2) is 43.3 Å². The molecule has 6 rings (SSSR count). The van der Waals surface area contributed by atoms with Crippen molar-refractivity contribution >= 4 is 34.8 Å². The summed E-state index contributed by atoms with van der Waals surface area (Å²) in [5, 5.41) is 3.53. The van der Waals surface area contributed by atoms with E-state index < -0.39 is 23.5 Å². The number of amides is 2. The maximum atomic E-state index is 13.4. The molecule has 4 heterocycles. The molecule has 0 unspecified atom stereocenters. The summed E-state index contributed by atoms with van der Waals surface area (Å²) in [6, 6.07) is 12.4. The highest BCUT2D eigenvalue weighted by Gasteiger charge is 2.67. The fourth-order valence-electron chi connectivity index (χ4n) is 4.98. The third-order valence-electron chi connectivity index (χ3n) is 6.35. The van der Waals surface area contributed by atoms with Crippen molar-refractivity contribution in [3.8, 4) is 11.5 Å². The minimum Gasteiger partial charge on any atom is -0.486 e. The van der Waals surface area contributed by atoms with Gasteiger partial charge in [0.05, 0.1) is 24.5 Å². The van der Waals surface area contributed by atoms with Crippen LogP contribution in [0.1, 0.15) is 0 Å². The molecule has 0 radical (unpaired) electrons. The van der Waals surface area contributed by atoms with Gasteiger partial charge in [0.1, 0.15) is 18.8 Å².